The first-order valence-electron chi connectivity index (χ1n) is 11.6. The molecule has 3 N–H and O–H groups in total. The number of fused-ring (bicyclic) bond motifs is 3. The summed E-state index contributed by atoms with van der Waals surface area (Å²) in [6.45, 7) is 0. The Balaban J connectivity index is 0.000000147. The van der Waals surface area contributed by atoms with Gasteiger partial charge in [-0.2, -0.15) is 0 Å². The monoisotopic (exact) mass is 577 g/mol. The minimum atomic E-state index is -1.52. The number of carbonyl (C=O) groups excluding carboxylic acids is 2. The number of carboxylic acids is 2. The molecule has 202 valence electrons. The van der Waals surface area contributed by atoms with Gasteiger partial charge in [-0.15, -0.1) is 0 Å². The van der Waals surface area contributed by atoms with Crippen LogP contribution in [0.2, 0.25) is 0 Å². The second-order valence-electron chi connectivity index (χ2n) is 7.74. The number of nitrogens with zero attached hydrogens (tertiary/aromatic N) is 4. The van der Waals surface area contributed by atoms with Gasteiger partial charge in [0.15, 0.2) is 0 Å². The molecule has 0 saturated heterocycles. The molecule has 3 aromatic carbocycles. The number of nitrogens with one attached hydrogen (secondary N) is 3. The van der Waals surface area contributed by atoms with Gasteiger partial charge >= 0.3 is 16.5 Å². The topological polar surface area (TPSA) is 179 Å². The first-order chi connectivity index (χ1) is 19.0. The van der Waals surface area contributed by atoms with Crippen LogP contribution in [-0.4, -0.2) is 46.8 Å². The molecule has 0 saturated carbocycles. The fourth-order valence-corrected chi connectivity index (χ4v) is 3.30. The Hall–Kier alpha value is -5.35. The second-order valence-corrected chi connectivity index (χ2v) is 7.74. The van der Waals surface area contributed by atoms with Gasteiger partial charge < -0.3 is 34.8 Å². The maximum absolute atomic E-state index is 10.2. The average Bonchev–Trinajstić information content (AvgIpc) is 3.75. The number of rotatable bonds is 2. The van der Waals surface area contributed by atoms with Crippen molar-refractivity contribution in [3.8, 4) is 0 Å². The molecule has 0 spiro atoms. The van der Waals surface area contributed by atoms with Gasteiger partial charge in [-0.3, -0.25) is 0 Å². The first-order valence-corrected chi connectivity index (χ1v) is 11.6. The number of para-hydroxylation sites is 6. The molecule has 7 rings (SSSR count). The molecule has 12 heteroatoms. The standard InChI is InChI=1S/3C7H6N2.C7H5NO4.Ni/c3*1-2-4-7-6(3-1)8-5-9-7;9-6(10)4-2-1-3-5(8-4)7(11)12;/h3*1-5H,(H,8,9);1-3H,(H,9,10)(H,11,12);/q;;;;+2/p-2. The Labute approximate surface area is 237 Å². The molecule has 4 aromatic heterocycles. The van der Waals surface area contributed by atoms with Crippen LogP contribution in [0.25, 0.3) is 33.1 Å². The summed E-state index contributed by atoms with van der Waals surface area (Å²) in [5, 5.41) is 20.4. The summed E-state index contributed by atoms with van der Waals surface area (Å²) < 4.78 is 0. The summed E-state index contributed by atoms with van der Waals surface area (Å²) in [7, 11) is 0. The number of aromatic carboxylic acids is 2. The molecule has 0 amide bonds. The van der Waals surface area contributed by atoms with Crippen molar-refractivity contribution in [2.75, 3.05) is 0 Å². The van der Waals surface area contributed by atoms with Crippen molar-refractivity contribution < 1.29 is 36.3 Å². The summed E-state index contributed by atoms with van der Waals surface area (Å²) in [4.78, 5) is 44.8. The van der Waals surface area contributed by atoms with Crippen LogP contribution in [0.5, 0.6) is 0 Å². The van der Waals surface area contributed by atoms with E-state index in [-0.39, 0.29) is 16.5 Å². The molecular formula is C28H21N7NiO4. The van der Waals surface area contributed by atoms with E-state index in [0.717, 1.165) is 45.2 Å². The molecule has 4 heterocycles. The Bertz CT molecular complexity index is 1540. The number of H-pyrrole nitrogens is 3. The zero-order chi connectivity index (χ0) is 27.5. The van der Waals surface area contributed by atoms with Crippen LogP contribution >= 0.6 is 0 Å². The number of pyridine rings is 1. The third kappa shape index (κ3) is 8.07. The van der Waals surface area contributed by atoms with Crippen LogP contribution in [0.3, 0.4) is 0 Å². The Morgan fingerprint density at radius 1 is 0.500 bits per heavy atom. The summed E-state index contributed by atoms with van der Waals surface area (Å²) >= 11 is 0. The molecule has 40 heavy (non-hydrogen) atoms. The van der Waals surface area contributed by atoms with Gasteiger partial charge in [-0.25, -0.2) is 19.9 Å². The molecule has 11 nitrogen and oxygen atoms in total. The predicted molar refractivity (Wildman–Crippen MR) is 141 cm³/mol. The molecule has 0 aliphatic heterocycles. The number of aromatic amines is 3. The smallest absolute Gasteiger partial charge is 0.543 e. The molecule has 0 aliphatic carbocycles. The fourth-order valence-electron chi connectivity index (χ4n) is 3.30. The van der Waals surface area contributed by atoms with E-state index < -0.39 is 23.3 Å². The van der Waals surface area contributed by atoms with Gasteiger partial charge in [0.2, 0.25) is 0 Å². The molecule has 0 unspecified atom stereocenters. The number of carboxylic acid groups (broad SMARTS) is 2. The van der Waals surface area contributed by atoms with Gasteiger partial charge in [0.25, 0.3) is 0 Å². The third-order valence-corrected chi connectivity index (χ3v) is 5.15. The number of hydrogen-bond donors (Lipinski definition) is 3. The molecule has 0 aliphatic rings. The van der Waals surface area contributed by atoms with Gasteiger partial charge in [-0.1, -0.05) is 42.5 Å². The number of carbonyl (C=O) groups is 2. The van der Waals surface area contributed by atoms with Gasteiger partial charge in [0.1, 0.15) is 0 Å². The van der Waals surface area contributed by atoms with Gasteiger partial charge in [0.05, 0.1) is 75.4 Å². The van der Waals surface area contributed by atoms with Crippen molar-refractivity contribution in [1.29, 1.82) is 0 Å². The van der Waals surface area contributed by atoms with E-state index in [2.05, 4.69) is 34.9 Å². The first kappa shape index (κ1) is 29.2. The number of aromatic nitrogens is 7. The second kappa shape index (κ2) is 14.6. The van der Waals surface area contributed by atoms with Crippen molar-refractivity contribution in [3.63, 3.8) is 0 Å². The Morgan fingerprint density at radius 2 is 0.825 bits per heavy atom. The zero-order valence-corrected chi connectivity index (χ0v) is 21.6. The van der Waals surface area contributed by atoms with Crippen LogP contribution in [0.1, 0.15) is 21.0 Å². The largest absolute Gasteiger partial charge is 2.00 e. The fraction of sp³-hybridized carbons (Fsp3) is 0. The van der Waals surface area contributed by atoms with Crippen LogP contribution in [0.15, 0.2) is 110 Å². The van der Waals surface area contributed by atoms with E-state index in [0.29, 0.717) is 0 Å². The van der Waals surface area contributed by atoms with Crippen LogP contribution < -0.4 is 10.2 Å². The molecule has 0 bridgehead atoms. The Kier molecular flexibility index (Phi) is 10.6. The third-order valence-electron chi connectivity index (χ3n) is 5.15. The summed E-state index contributed by atoms with van der Waals surface area (Å²) in [6.07, 6.45) is 5.10. The van der Waals surface area contributed by atoms with E-state index in [1.807, 2.05) is 72.8 Å². The molecule has 0 radical (unpaired) electrons. The van der Waals surface area contributed by atoms with E-state index in [9.17, 15) is 19.8 Å². The van der Waals surface area contributed by atoms with Crippen LogP contribution in [-0.2, 0) is 16.5 Å². The number of hydrogen-bond acceptors (Lipinski definition) is 8. The van der Waals surface area contributed by atoms with E-state index in [1.54, 1.807) is 19.0 Å². The average molecular weight is 578 g/mol. The quantitative estimate of drug-likeness (QED) is 0.262. The zero-order valence-electron chi connectivity index (χ0n) is 20.6. The summed E-state index contributed by atoms with van der Waals surface area (Å²) in [6, 6.07) is 27.4. The molecular weight excluding hydrogens is 557 g/mol. The van der Waals surface area contributed by atoms with Gasteiger partial charge in [0, 0.05) is 0 Å². The normalized spacial score (nSPS) is 9.70. The van der Waals surface area contributed by atoms with Crippen molar-refractivity contribution in [2.45, 2.75) is 0 Å². The van der Waals surface area contributed by atoms with Crippen molar-refractivity contribution in [3.05, 3.63) is 121 Å². The SMILES string of the molecule is O=C([O-])c1cccc(C(=O)[O-])n1.[Ni+2].c1ccc2[nH]cnc2c1.c1ccc2[nH]cnc2c1.c1ccc2[nH]cnc2c1. The van der Waals surface area contributed by atoms with Crippen molar-refractivity contribution >= 4 is 45.0 Å². The van der Waals surface area contributed by atoms with E-state index in [1.165, 1.54) is 6.07 Å². The maximum atomic E-state index is 10.2. The van der Waals surface area contributed by atoms with Gasteiger partial charge in [-0.05, 0) is 48.5 Å². The molecule has 0 atom stereocenters. The maximum Gasteiger partial charge on any atom is 2.00 e. The number of imidazole rings is 3. The van der Waals surface area contributed by atoms with Crippen LogP contribution in [0.4, 0.5) is 0 Å². The molecule has 0 fully saturated rings. The van der Waals surface area contributed by atoms with Crippen molar-refractivity contribution in [2.24, 2.45) is 0 Å². The minimum Gasteiger partial charge on any atom is -0.543 e. The van der Waals surface area contributed by atoms with Crippen LogP contribution in [0, 0.1) is 0 Å². The van der Waals surface area contributed by atoms with E-state index in [4.69, 9.17) is 0 Å². The number of benzene rings is 3. The summed E-state index contributed by atoms with van der Waals surface area (Å²) in [5.41, 5.74) is 5.52. The van der Waals surface area contributed by atoms with E-state index >= 15 is 0 Å². The molecule has 7 aromatic rings. The summed E-state index contributed by atoms with van der Waals surface area (Å²) in [5.74, 6) is -3.03. The predicted octanol–water partition coefficient (Wildman–Crippen LogP) is 2.49. The van der Waals surface area contributed by atoms with Crippen molar-refractivity contribution in [1.82, 2.24) is 34.9 Å². The minimum absolute atomic E-state index is 0. The Morgan fingerprint density at radius 3 is 1.12 bits per heavy atom.